The van der Waals surface area contributed by atoms with Crippen molar-refractivity contribution in [2.45, 2.75) is 26.3 Å². The lowest BCUT2D eigenvalue weighted by molar-refractivity contribution is -0.122. The van der Waals surface area contributed by atoms with E-state index in [1.807, 2.05) is 6.92 Å². The maximum Gasteiger partial charge on any atom is 0.217 e. The van der Waals surface area contributed by atoms with Crippen molar-refractivity contribution in [3.05, 3.63) is 0 Å². The van der Waals surface area contributed by atoms with Gasteiger partial charge in [-0.25, -0.2) is 0 Å². The van der Waals surface area contributed by atoms with Crippen molar-refractivity contribution in [3.63, 3.8) is 0 Å². The highest BCUT2D eigenvalue weighted by atomic mass is 16.2. The van der Waals surface area contributed by atoms with E-state index in [0.29, 0.717) is 6.42 Å². The third-order valence-electron chi connectivity index (χ3n) is 0.993. The lowest BCUT2D eigenvalue weighted by Gasteiger charge is -2.05. The molecule has 3 nitrogen and oxygen atoms in total. The van der Waals surface area contributed by atoms with Crippen LogP contribution in [0.25, 0.3) is 0 Å². The Morgan fingerprint density at radius 2 is 2.33 bits per heavy atom. The molecule has 0 saturated carbocycles. The summed E-state index contributed by atoms with van der Waals surface area (Å²) in [7, 11) is 0. The van der Waals surface area contributed by atoms with Crippen molar-refractivity contribution in [2.75, 3.05) is 0 Å². The van der Waals surface area contributed by atoms with Gasteiger partial charge in [-0.2, -0.15) is 0 Å². The van der Waals surface area contributed by atoms with Crippen LogP contribution in [0.15, 0.2) is 0 Å². The van der Waals surface area contributed by atoms with Crippen molar-refractivity contribution in [1.82, 2.24) is 5.32 Å². The topological polar surface area (TPSA) is 46.2 Å². The fourth-order valence-electron chi connectivity index (χ4n) is 0.493. The quantitative estimate of drug-likeness (QED) is 0.549. The first kappa shape index (κ1) is 8.14. The molecule has 1 atom stereocenters. The molecule has 0 heterocycles. The molecule has 1 unspecified atom stereocenters. The minimum atomic E-state index is -0.303. The van der Waals surface area contributed by atoms with Gasteiger partial charge in [0.15, 0.2) is 0 Å². The molecular weight excluding hydrogens is 118 g/mol. The van der Waals surface area contributed by atoms with Crippen LogP contribution in [-0.4, -0.2) is 18.2 Å². The van der Waals surface area contributed by atoms with E-state index < -0.39 is 0 Å². The van der Waals surface area contributed by atoms with E-state index in [2.05, 4.69) is 5.32 Å². The molecule has 0 bridgehead atoms. The highest BCUT2D eigenvalue weighted by Gasteiger charge is 2.02. The molecule has 0 saturated heterocycles. The van der Waals surface area contributed by atoms with Gasteiger partial charge < -0.3 is 10.1 Å². The molecule has 0 aromatic heterocycles. The summed E-state index contributed by atoms with van der Waals surface area (Å²) in [5.41, 5.74) is 0. The number of carbonyl (C=O) groups is 2. The summed E-state index contributed by atoms with van der Waals surface area (Å²) in [6.07, 6.45) is 1.39. The number of carbonyl (C=O) groups excluding carboxylic acids is 2. The summed E-state index contributed by atoms with van der Waals surface area (Å²) in [5.74, 6) is -0.158. The van der Waals surface area contributed by atoms with E-state index in [-0.39, 0.29) is 11.9 Å². The van der Waals surface area contributed by atoms with E-state index in [4.69, 9.17) is 0 Å². The molecule has 0 rings (SSSR count). The van der Waals surface area contributed by atoms with Gasteiger partial charge >= 0.3 is 0 Å². The zero-order chi connectivity index (χ0) is 7.28. The zero-order valence-corrected chi connectivity index (χ0v) is 5.68. The predicted octanol–water partition coefficient (Wildman–Crippen LogP) is 0.100. The Morgan fingerprint density at radius 3 is 2.44 bits per heavy atom. The first-order chi connectivity index (χ1) is 4.20. The lowest BCUT2D eigenvalue weighted by atomic mass is 10.2. The van der Waals surface area contributed by atoms with Gasteiger partial charge in [0, 0.05) is 6.92 Å². The fraction of sp³-hybridized carbons (Fsp3) is 0.667. The normalized spacial score (nSPS) is 12.2. The smallest absolute Gasteiger partial charge is 0.217 e. The summed E-state index contributed by atoms with van der Waals surface area (Å²) in [6.45, 7) is 3.24. The molecule has 1 amide bonds. The Labute approximate surface area is 54.4 Å². The Kier molecular flexibility index (Phi) is 3.67. The minimum Gasteiger partial charge on any atom is -0.347 e. The molecule has 9 heavy (non-hydrogen) atoms. The van der Waals surface area contributed by atoms with Crippen LogP contribution in [0.2, 0.25) is 0 Å². The van der Waals surface area contributed by atoms with Crippen molar-refractivity contribution in [1.29, 1.82) is 0 Å². The van der Waals surface area contributed by atoms with Gasteiger partial charge in [-0.1, -0.05) is 6.92 Å². The van der Waals surface area contributed by atoms with Gasteiger partial charge in [0.25, 0.3) is 0 Å². The molecule has 1 N–H and O–H groups in total. The van der Waals surface area contributed by atoms with Crippen LogP contribution in [0.3, 0.4) is 0 Å². The molecular formula is C6H11NO2. The molecule has 0 radical (unpaired) electrons. The maximum atomic E-state index is 10.3. The molecule has 0 aliphatic carbocycles. The highest BCUT2D eigenvalue weighted by molar-refractivity contribution is 5.77. The SMILES string of the molecule is CCC(C=O)NC(C)=O. The van der Waals surface area contributed by atoms with Gasteiger partial charge in [0.1, 0.15) is 6.29 Å². The second-order valence-electron chi connectivity index (χ2n) is 1.85. The molecule has 0 aliphatic heterocycles. The molecule has 0 aromatic rings. The molecule has 0 aliphatic rings. The Balaban J connectivity index is 3.55. The molecule has 0 spiro atoms. The van der Waals surface area contributed by atoms with E-state index in [1.165, 1.54) is 6.92 Å². The van der Waals surface area contributed by atoms with E-state index in [0.717, 1.165) is 6.29 Å². The fourth-order valence-corrected chi connectivity index (χ4v) is 0.493. The van der Waals surface area contributed by atoms with Crippen LogP contribution < -0.4 is 5.32 Å². The number of nitrogens with one attached hydrogen (secondary N) is 1. The van der Waals surface area contributed by atoms with Crippen LogP contribution in [0.4, 0.5) is 0 Å². The summed E-state index contributed by atoms with van der Waals surface area (Å²) in [6, 6.07) is -0.303. The Morgan fingerprint density at radius 1 is 1.78 bits per heavy atom. The highest BCUT2D eigenvalue weighted by Crippen LogP contribution is 1.83. The molecule has 0 fully saturated rings. The number of aldehydes is 1. The van der Waals surface area contributed by atoms with Crippen LogP contribution in [0.1, 0.15) is 20.3 Å². The van der Waals surface area contributed by atoms with Crippen molar-refractivity contribution in [2.24, 2.45) is 0 Å². The summed E-state index contributed by atoms with van der Waals surface area (Å²) < 4.78 is 0. The van der Waals surface area contributed by atoms with Crippen molar-refractivity contribution in [3.8, 4) is 0 Å². The predicted molar refractivity (Wildman–Crippen MR) is 34.0 cm³/mol. The monoisotopic (exact) mass is 129 g/mol. The largest absolute Gasteiger partial charge is 0.347 e. The van der Waals surface area contributed by atoms with E-state index >= 15 is 0 Å². The van der Waals surface area contributed by atoms with Crippen LogP contribution >= 0.6 is 0 Å². The maximum absolute atomic E-state index is 10.3. The first-order valence-electron chi connectivity index (χ1n) is 2.93. The average molecular weight is 129 g/mol. The number of amides is 1. The van der Waals surface area contributed by atoms with Gasteiger partial charge in [0.2, 0.25) is 5.91 Å². The summed E-state index contributed by atoms with van der Waals surface area (Å²) >= 11 is 0. The third kappa shape index (κ3) is 3.70. The standard InChI is InChI=1S/C6H11NO2/c1-3-6(4-8)7-5(2)9/h4,6H,3H2,1-2H3,(H,7,9). The van der Waals surface area contributed by atoms with Crippen molar-refractivity contribution >= 4 is 12.2 Å². The molecule has 3 heteroatoms. The third-order valence-corrected chi connectivity index (χ3v) is 0.993. The molecule has 0 aromatic carbocycles. The van der Waals surface area contributed by atoms with Gasteiger partial charge in [0.05, 0.1) is 6.04 Å². The Bertz CT molecular complexity index is 112. The average Bonchev–Trinajstić information content (AvgIpc) is 1.82. The number of hydrogen-bond acceptors (Lipinski definition) is 2. The van der Waals surface area contributed by atoms with Crippen LogP contribution in [0.5, 0.6) is 0 Å². The van der Waals surface area contributed by atoms with Gasteiger partial charge in [-0.05, 0) is 6.42 Å². The second kappa shape index (κ2) is 4.06. The summed E-state index contributed by atoms with van der Waals surface area (Å²) in [5, 5.41) is 2.47. The molecule has 52 valence electrons. The van der Waals surface area contributed by atoms with E-state index in [9.17, 15) is 9.59 Å². The second-order valence-corrected chi connectivity index (χ2v) is 1.85. The first-order valence-corrected chi connectivity index (χ1v) is 2.93. The van der Waals surface area contributed by atoms with Crippen LogP contribution in [0, 0.1) is 0 Å². The zero-order valence-electron chi connectivity index (χ0n) is 5.68. The lowest BCUT2D eigenvalue weighted by Crippen LogP contribution is -2.33. The Hall–Kier alpha value is -0.860. The van der Waals surface area contributed by atoms with E-state index in [1.54, 1.807) is 0 Å². The van der Waals surface area contributed by atoms with Crippen LogP contribution in [-0.2, 0) is 9.59 Å². The van der Waals surface area contributed by atoms with Gasteiger partial charge in [-0.3, -0.25) is 4.79 Å². The number of rotatable bonds is 3. The number of hydrogen-bond donors (Lipinski definition) is 1. The van der Waals surface area contributed by atoms with Crippen molar-refractivity contribution < 1.29 is 9.59 Å². The summed E-state index contributed by atoms with van der Waals surface area (Å²) in [4.78, 5) is 20.4. The minimum absolute atomic E-state index is 0.158. The van der Waals surface area contributed by atoms with Gasteiger partial charge in [-0.15, -0.1) is 0 Å².